The monoisotopic (exact) mass is 365 g/mol. The molecule has 1 spiro atoms. The number of nitrogens with one attached hydrogen (secondary N) is 1. The Bertz CT molecular complexity index is 886. The Labute approximate surface area is 161 Å². The van der Waals surface area contributed by atoms with E-state index in [1.165, 1.54) is 30.5 Å². The second-order valence-corrected chi connectivity index (χ2v) is 8.84. The van der Waals surface area contributed by atoms with Gasteiger partial charge in [-0.15, -0.1) is 0 Å². The van der Waals surface area contributed by atoms with Crippen molar-refractivity contribution in [2.45, 2.75) is 51.0 Å². The highest BCUT2D eigenvalue weighted by atomic mass is 16.3. The number of aldehydes is 1. The summed E-state index contributed by atoms with van der Waals surface area (Å²) in [4.78, 5) is 12.2. The number of fused-ring (bicyclic) bond motifs is 2. The molecular weight excluding hydrogens is 336 g/mol. The number of aromatic hydroxyl groups is 1. The minimum absolute atomic E-state index is 0.131. The Kier molecular flexibility index (Phi) is 3.61. The van der Waals surface area contributed by atoms with Gasteiger partial charge in [0.1, 0.15) is 24.6 Å². The Morgan fingerprint density at radius 3 is 3.00 bits per heavy atom. The molecule has 27 heavy (non-hydrogen) atoms. The van der Waals surface area contributed by atoms with Gasteiger partial charge in [-0.25, -0.2) is 0 Å². The van der Waals surface area contributed by atoms with Gasteiger partial charge in [-0.05, 0) is 30.5 Å². The number of phenolic OH excluding ortho intramolecular Hbond substituents is 1. The van der Waals surface area contributed by atoms with Crippen LogP contribution in [-0.2, 0) is 10.2 Å². The summed E-state index contributed by atoms with van der Waals surface area (Å²) < 4.78 is 1.15. The molecule has 4 atom stereocenters. The van der Waals surface area contributed by atoms with Gasteiger partial charge in [-0.3, -0.25) is 4.79 Å². The van der Waals surface area contributed by atoms with Crippen LogP contribution in [0.1, 0.15) is 45.1 Å². The SMILES string of the molecule is C/C=C1/C[N+]2(CCCC)CC[C@@]34C(=C(C=O)[C@@H]1C[C@H]32)Nc1c(O)cccc14. The lowest BCUT2D eigenvalue weighted by Crippen LogP contribution is -2.63. The summed E-state index contributed by atoms with van der Waals surface area (Å²) in [6.07, 6.45) is 7.91. The number of carbonyl (C=O) groups excluding carboxylic acids is 1. The Morgan fingerprint density at radius 1 is 1.41 bits per heavy atom. The summed E-state index contributed by atoms with van der Waals surface area (Å²) in [5.74, 6) is 0.531. The summed E-state index contributed by atoms with van der Waals surface area (Å²) in [6, 6.07) is 6.37. The molecular formula is C23H29N2O2+. The van der Waals surface area contributed by atoms with Gasteiger partial charge in [0.15, 0.2) is 0 Å². The Morgan fingerprint density at radius 2 is 2.26 bits per heavy atom. The number of nitrogens with zero attached hydrogens (tertiary/aromatic N) is 1. The van der Waals surface area contributed by atoms with Gasteiger partial charge in [0.05, 0.1) is 24.2 Å². The number of rotatable bonds is 4. The van der Waals surface area contributed by atoms with Crippen LogP contribution in [0.15, 0.2) is 41.1 Å². The maximum Gasteiger partial charge on any atom is 0.148 e. The molecule has 142 valence electrons. The van der Waals surface area contributed by atoms with Gasteiger partial charge < -0.3 is 14.9 Å². The van der Waals surface area contributed by atoms with E-state index < -0.39 is 0 Å². The summed E-state index contributed by atoms with van der Waals surface area (Å²) >= 11 is 0. The first-order valence-electron chi connectivity index (χ1n) is 10.4. The Hall–Kier alpha value is -2.07. The molecule has 1 unspecified atom stereocenters. The number of para-hydroxylation sites is 1. The van der Waals surface area contributed by atoms with E-state index in [4.69, 9.17) is 0 Å². The lowest BCUT2D eigenvalue weighted by Gasteiger charge is -2.53. The topological polar surface area (TPSA) is 49.3 Å². The third kappa shape index (κ3) is 1.94. The molecule has 2 N–H and O–H groups in total. The predicted octanol–water partition coefficient (Wildman–Crippen LogP) is 3.88. The lowest BCUT2D eigenvalue weighted by molar-refractivity contribution is -0.941. The number of unbranched alkanes of at least 4 members (excludes halogenated alkanes) is 1. The molecule has 1 aromatic carbocycles. The van der Waals surface area contributed by atoms with Crippen molar-refractivity contribution >= 4 is 12.0 Å². The number of benzene rings is 1. The molecule has 4 nitrogen and oxygen atoms in total. The molecule has 5 rings (SSSR count). The number of quaternary nitrogens is 1. The van der Waals surface area contributed by atoms with E-state index >= 15 is 0 Å². The number of allylic oxidation sites excluding steroid dienone is 2. The molecule has 0 radical (unpaired) electrons. The fourth-order valence-electron chi connectivity index (χ4n) is 6.76. The average molecular weight is 365 g/mol. The summed E-state index contributed by atoms with van der Waals surface area (Å²) in [6.45, 7) is 7.84. The molecule has 0 saturated carbocycles. The first-order valence-corrected chi connectivity index (χ1v) is 10.4. The van der Waals surface area contributed by atoms with Crippen molar-refractivity contribution in [2.24, 2.45) is 5.92 Å². The van der Waals surface area contributed by atoms with E-state index in [1.54, 1.807) is 6.07 Å². The van der Waals surface area contributed by atoms with Gasteiger partial charge in [0.2, 0.25) is 0 Å². The first-order chi connectivity index (χ1) is 13.1. The van der Waals surface area contributed by atoms with Crippen molar-refractivity contribution in [2.75, 3.05) is 25.0 Å². The summed E-state index contributed by atoms with van der Waals surface area (Å²) in [7, 11) is 0. The van der Waals surface area contributed by atoms with Crippen molar-refractivity contribution in [1.82, 2.24) is 0 Å². The molecule has 2 fully saturated rings. The smallest absolute Gasteiger partial charge is 0.148 e. The zero-order valence-electron chi connectivity index (χ0n) is 16.3. The lowest BCUT2D eigenvalue weighted by atomic mass is 9.61. The molecule has 3 aliphatic heterocycles. The van der Waals surface area contributed by atoms with Gasteiger partial charge in [-0.1, -0.05) is 31.6 Å². The number of anilines is 1. The van der Waals surface area contributed by atoms with Gasteiger partial charge >= 0.3 is 0 Å². The fraction of sp³-hybridized carbons (Fsp3) is 0.522. The quantitative estimate of drug-likeness (QED) is 0.368. The van der Waals surface area contributed by atoms with Crippen LogP contribution < -0.4 is 5.32 Å². The standard InChI is InChI=1S/C23H28N2O2/c1-3-5-10-25-11-9-23-18-7-6-8-19(27)21(18)24-22(23)17(14-26)16(12-20(23)25)15(4-2)13-25/h4,6-8,14,16,20H,3,5,9-13H2,1-2H3,(H-,24,26,27)/p+1/b15-4-/t16-,20-,23+,25?/m1/s1. The van der Waals surface area contributed by atoms with Gasteiger partial charge in [0, 0.05) is 30.0 Å². The first kappa shape index (κ1) is 17.1. The molecule has 1 aliphatic carbocycles. The van der Waals surface area contributed by atoms with Gasteiger partial charge in [-0.2, -0.15) is 0 Å². The number of phenols is 1. The van der Waals surface area contributed by atoms with Crippen LogP contribution in [0.2, 0.25) is 0 Å². The highest BCUT2D eigenvalue weighted by Crippen LogP contribution is 2.64. The van der Waals surface area contributed by atoms with E-state index in [1.807, 2.05) is 6.07 Å². The number of carbonyl (C=O) groups is 1. The number of hydrogen-bond donors (Lipinski definition) is 2. The van der Waals surface area contributed by atoms with E-state index in [9.17, 15) is 9.90 Å². The van der Waals surface area contributed by atoms with E-state index in [-0.39, 0.29) is 11.3 Å². The number of hydrogen-bond acceptors (Lipinski definition) is 3. The van der Waals surface area contributed by atoms with Crippen molar-refractivity contribution < 1.29 is 14.4 Å². The minimum Gasteiger partial charge on any atom is -0.506 e. The van der Waals surface area contributed by atoms with E-state index in [0.717, 1.165) is 53.7 Å². The average Bonchev–Trinajstić information content (AvgIpc) is 3.21. The van der Waals surface area contributed by atoms with Crippen molar-refractivity contribution in [3.8, 4) is 5.75 Å². The highest BCUT2D eigenvalue weighted by Gasteiger charge is 2.68. The summed E-state index contributed by atoms with van der Waals surface area (Å²) in [5.41, 5.74) is 5.34. The van der Waals surface area contributed by atoms with Crippen LogP contribution in [0, 0.1) is 5.92 Å². The van der Waals surface area contributed by atoms with Crippen molar-refractivity contribution in [3.63, 3.8) is 0 Å². The normalized spacial score (nSPS) is 37.2. The van der Waals surface area contributed by atoms with E-state index in [0.29, 0.717) is 11.8 Å². The van der Waals surface area contributed by atoms with Crippen LogP contribution in [0.3, 0.4) is 0 Å². The van der Waals surface area contributed by atoms with Crippen LogP contribution in [-0.4, -0.2) is 41.6 Å². The minimum atomic E-state index is -0.131. The van der Waals surface area contributed by atoms with E-state index in [2.05, 4.69) is 31.3 Å². The molecule has 0 aromatic heterocycles. The fourth-order valence-corrected chi connectivity index (χ4v) is 6.76. The Balaban J connectivity index is 1.78. The van der Waals surface area contributed by atoms with Gasteiger partial charge in [0.25, 0.3) is 0 Å². The maximum absolute atomic E-state index is 12.2. The maximum atomic E-state index is 12.2. The third-order valence-electron chi connectivity index (χ3n) is 7.92. The molecule has 2 bridgehead atoms. The van der Waals surface area contributed by atoms with Crippen molar-refractivity contribution in [1.29, 1.82) is 0 Å². The van der Waals surface area contributed by atoms with Crippen molar-refractivity contribution in [3.05, 3.63) is 46.7 Å². The highest BCUT2D eigenvalue weighted by molar-refractivity contribution is 5.85. The molecule has 1 aromatic rings. The summed E-state index contributed by atoms with van der Waals surface area (Å²) in [5, 5.41) is 14.0. The van der Waals surface area contributed by atoms with Crippen LogP contribution in [0.4, 0.5) is 5.69 Å². The molecule has 0 amide bonds. The zero-order chi connectivity index (χ0) is 18.8. The van der Waals surface area contributed by atoms with Crippen LogP contribution in [0.5, 0.6) is 5.75 Å². The zero-order valence-corrected chi connectivity index (χ0v) is 16.3. The second kappa shape index (κ2) is 5.71. The molecule has 3 heterocycles. The molecule has 2 saturated heterocycles. The molecule has 4 heteroatoms. The second-order valence-electron chi connectivity index (χ2n) is 8.84. The van der Waals surface area contributed by atoms with Crippen LogP contribution in [0.25, 0.3) is 0 Å². The molecule has 4 aliphatic rings. The third-order valence-corrected chi connectivity index (χ3v) is 7.92. The largest absolute Gasteiger partial charge is 0.506 e. The predicted molar refractivity (Wildman–Crippen MR) is 107 cm³/mol. The number of piperidine rings is 1. The van der Waals surface area contributed by atoms with Crippen LogP contribution >= 0.6 is 0 Å².